The summed E-state index contributed by atoms with van der Waals surface area (Å²) in [4.78, 5) is 4.63. The van der Waals surface area contributed by atoms with Gasteiger partial charge in [-0.15, -0.1) is 0 Å². The average Bonchev–Trinajstić information content (AvgIpc) is 1.38. The van der Waals surface area contributed by atoms with Crippen LogP contribution in [-0.2, 0) is 27.1 Å². The lowest BCUT2D eigenvalue weighted by Crippen LogP contribution is -2.61. The third-order valence-electron chi connectivity index (χ3n) is 21.3. The molecule has 0 spiro atoms. The lowest BCUT2D eigenvalue weighted by Gasteiger charge is -2.46. The van der Waals surface area contributed by atoms with E-state index < -0.39 is 109 Å². The molecule has 2 aromatic heterocycles. The van der Waals surface area contributed by atoms with Gasteiger partial charge in [0.1, 0.15) is 0 Å². The Morgan fingerprint density at radius 1 is 0.252 bits per heavy atom. The summed E-state index contributed by atoms with van der Waals surface area (Å²) in [6.07, 6.45) is 0. The van der Waals surface area contributed by atoms with E-state index in [0.717, 1.165) is 111 Å². The van der Waals surface area contributed by atoms with Crippen molar-refractivity contribution in [3.63, 3.8) is 0 Å². The molecule has 0 unspecified atom stereocenters. The molecule has 17 rings (SSSR count). The molecule has 2 aliphatic heterocycles. The van der Waals surface area contributed by atoms with Gasteiger partial charge < -0.3 is 18.9 Å². The van der Waals surface area contributed by atoms with Gasteiger partial charge in [0.15, 0.2) is 0 Å². The zero-order valence-electron chi connectivity index (χ0n) is 77.2. The number of para-hydroxylation sites is 4. The van der Waals surface area contributed by atoms with Crippen LogP contribution in [0.1, 0.15) is 154 Å². The third kappa shape index (κ3) is 11.1. The standard InChI is InChI=1S/C98H91BN4/c1-94(2,3)68-42-32-62(33-43-68)66-40-52-75(64-36-46-70(47-37-64)96(7,8)9)87(56-66)102-89-60-73(100-83-28-20-16-24-77(83)78-25-17-21-29-84(78)100)50-54-81(89)99-82-55-51-74(101-85-30-22-18-26-79(85)80-27-19-23-31-86(80)101)61-90(82)103(92-59-72(98(13,14)15)58-91(102)93(92)99)88-57-67(63-34-44-69(45-35-63)95(4,5)6)41-53-76(88)65-38-48-71(49-39-65)97(10,11)12/h16-61H,1-15H3/i16D,17D,18D,19D,20D,21D,22D,23D,24D,25D,26D,27D,28D,29D,30D,31D. The van der Waals surface area contributed by atoms with Gasteiger partial charge in [0.2, 0.25) is 0 Å². The largest absolute Gasteiger partial charge is 0.311 e. The Morgan fingerprint density at radius 3 is 0.835 bits per heavy atom. The number of hydrogen-bond donors (Lipinski definition) is 0. The molecule has 15 aromatic rings. The Balaban J connectivity index is 1.07. The molecule has 0 radical (unpaired) electrons. The maximum absolute atomic E-state index is 9.85. The third-order valence-corrected chi connectivity index (χ3v) is 21.3. The Morgan fingerprint density at radius 2 is 0.534 bits per heavy atom. The van der Waals surface area contributed by atoms with Gasteiger partial charge in [-0.05, 0) is 177 Å². The van der Waals surface area contributed by atoms with Crippen LogP contribution in [0.5, 0.6) is 0 Å². The summed E-state index contributed by atoms with van der Waals surface area (Å²) >= 11 is 0. The topological polar surface area (TPSA) is 16.3 Å². The zero-order chi connectivity index (χ0) is 85.3. The minimum absolute atomic E-state index is 0.0412. The van der Waals surface area contributed by atoms with Crippen molar-refractivity contribution < 1.29 is 21.9 Å². The molecular weight excluding hydrogens is 1240 g/mol. The summed E-state index contributed by atoms with van der Waals surface area (Å²) < 4.78 is 154. The first-order chi connectivity index (χ1) is 55.9. The van der Waals surface area contributed by atoms with Gasteiger partial charge in [-0.2, -0.15) is 0 Å². The van der Waals surface area contributed by atoms with E-state index in [0.29, 0.717) is 22.7 Å². The number of anilines is 6. The van der Waals surface area contributed by atoms with Crippen LogP contribution in [0.2, 0.25) is 0 Å². The molecule has 13 aromatic carbocycles. The van der Waals surface area contributed by atoms with Crippen molar-refractivity contribution in [3.05, 3.63) is 306 Å². The van der Waals surface area contributed by atoms with Crippen LogP contribution in [0.4, 0.5) is 34.1 Å². The number of nitrogens with zero attached hydrogens (tertiary/aromatic N) is 4. The van der Waals surface area contributed by atoms with Gasteiger partial charge in [0, 0.05) is 66.8 Å². The summed E-state index contributed by atoms with van der Waals surface area (Å²) in [5.74, 6) is 0. The van der Waals surface area contributed by atoms with Crippen LogP contribution in [0.3, 0.4) is 0 Å². The molecule has 0 saturated carbocycles. The first kappa shape index (κ1) is 49.7. The maximum atomic E-state index is 9.85. The lowest BCUT2D eigenvalue weighted by molar-refractivity contribution is 0.590. The van der Waals surface area contributed by atoms with Crippen molar-refractivity contribution >= 4 is 101 Å². The molecule has 0 N–H and O–H groups in total. The summed E-state index contributed by atoms with van der Waals surface area (Å²) in [6, 6.07) is 56.2. The van der Waals surface area contributed by atoms with Crippen molar-refractivity contribution in [1.29, 1.82) is 0 Å². The SMILES string of the molecule is [2H]c1c([2H])c([2H])c2c(c1[2H])c1c([2H])c([2H])c([2H])c([2H])c1n2-c1ccc2c(c1)N(c1cc(-c3ccc(C(C)(C)C)cc3)ccc1-c1ccc(C(C)(C)C)cc1)c1cc(C(C)(C)C)cc3c1B2c1ccc(-n2c4c([2H])c([2H])c([2H])c([2H])c4c4c([2H])c([2H])c([2H])c([2H])c42)cc1N3c1cc(-c2ccc(C(C)(C)C)cc2)ccc1-c1ccc(C(C)(C)C)cc1. The number of aromatic nitrogens is 2. The second-order valence-electron chi connectivity index (χ2n) is 33.1. The highest BCUT2D eigenvalue weighted by Crippen LogP contribution is 2.53. The molecule has 0 bridgehead atoms. The minimum atomic E-state index is -0.736. The number of benzene rings is 13. The predicted molar refractivity (Wildman–Crippen MR) is 444 cm³/mol. The molecule has 506 valence electrons. The lowest BCUT2D eigenvalue weighted by atomic mass is 9.33. The van der Waals surface area contributed by atoms with E-state index in [9.17, 15) is 16.4 Å². The number of hydrogen-bond acceptors (Lipinski definition) is 2. The van der Waals surface area contributed by atoms with E-state index in [1.807, 2.05) is 36.4 Å². The highest BCUT2D eigenvalue weighted by atomic mass is 15.2. The Bertz CT molecular complexity index is 6310. The molecule has 0 atom stereocenters. The molecule has 2 aliphatic rings. The summed E-state index contributed by atoms with van der Waals surface area (Å²) in [5, 5.41) is -0.257. The summed E-state index contributed by atoms with van der Waals surface area (Å²) in [6.45, 7) is 32.1. The van der Waals surface area contributed by atoms with Crippen molar-refractivity contribution in [1.82, 2.24) is 9.13 Å². The first-order valence-corrected chi connectivity index (χ1v) is 35.7. The van der Waals surface area contributed by atoms with E-state index in [2.05, 4.69) is 259 Å². The molecule has 4 nitrogen and oxygen atoms in total. The zero-order valence-corrected chi connectivity index (χ0v) is 61.2. The fourth-order valence-electron chi connectivity index (χ4n) is 15.5. The van der Waals surface area contributed by atoms with Crippen molar-refractivity contribution in [3.8, 4) is 55.9 Å². The molecule has 0 amide bonds. The fraction of sp³-hybridized carbons (Fsp3) is 0.204. The van der Waals surface area contributed by atoms with Gasteiger partial charge in [-0.1, -0.05) is 310 Å². The van der Waals surface area contributed by atoms with Crippen LogP contribution >= 0.6 is 0 Å². The van der Waals surface area contributed by atoms with E-state index >= 15 is 0 Å². The van der Waals surface area contributed by atoms with Gasteiger partial charge in [-0.3, -0.25) is 0 Å². The second-order valence-corrected chi connectivity index (χ2v) is 33.1. The normalized spacial score (nSPS) is 15.5. The average molecular weight is 1350 g/mol. The maximum Gasteiger partial charge on any atom is 0.252 e. The van der Waals surface area contributed by atoms with E-state index in [4.69, 9.17) is 5.48 Å². The molecule has 4 heterocycles. The van der Waals surface area contributed by atoms with Crippen molar-refractivity contribution in [2.24, 2.45) is 0 Å². The van der Waals surface area contributed by atoms with Gasteiger partial charge in [-0.25, -0.2) is 0 Å². The van der Waals surface area contributed by atoms with Crippen LogP contribution in [-0.4, -0.2) is 15.8 Å². The molecule has 0 aliphatic carbocycles. The molecule has 5 heteroatoms. The highest BCUT2D eigenvalue weighted by Gasteiger charge is 2.46. The Labute approximate surface area is 632 Å². The minimum Gasteiger partial charge on any atom is -0.311 e. The Hall–Kier alpha value is -10.9. The number of rotatable bonds is 8. The highest BCUT2D eigenvalue weighted by molar-refractivity contribution is 7.00. The van der Waals surface area contributed by atoms with Crippen LogP contribution in [0.25, 0.3) is 99.5 Å². The molecule has 0 fully saturated rings. The summed E-state index contributed by atoms with van der Waals surface area (Å²) in [7, 11) is 0. The first-order valence-electron chi connectivity index (χ1n) is 43.7. The Kier molecular flexibility index (Phi) is 11.5. The monoisotopic (exact) mass is 1350 g/mol. The van der Waals surface area contributed by atoms with Crippen molar-refractivity contribution in [2.75, 3.05) is 9.80 Å². The smallest absolute Gasteiger partial charge is 0.252 e. The molecular formula is C98H91BN4. The van der Waals surface area contributed by atoms with Crippen LogP contribution in [0.15, 0.2) is 279 Å². The van der Waals surface area contributed by atoms with Crippen molar-refractivity contribution in [2.45, 2.75) is 131 Å². The second kappa shape index (κ2) is 23.9. The van der Waals surface area contributed by atoms with Gasteiger partial charge >= 0.3 is 0 Å². The van der Waals surface area contributed by atoms with E-state index in [1.165, 1.54) is 0 Å². The fourth-order valence-corrected chi connectivity index (χ4v) is 15.5. The van der Waals surface area contributed by atoms with Crippen LogP contribution in [0, 0.1) is 0 Å². The number of fused-ring (bicyclic) bond motifs is 10. The predicted octanol–water partition coefficient (Wildman–Crippen LogP) is 25.1. The van der Waals surface area contributed by atoms with Crippen LogP contribution < -0.4 is 26.2 Å². The summed E-state index contributed by atoms with van der Waals surface area (Å²) in [5.41, 5.74) is 18.6. The molecule has 103 heavy (non-hydrogen) atoms. The van der Waals surface area contributed by atoms with Gasteiger partial charge in [0.25, 0.3) is 6.71 Å². The quantitative estimate of drug-likeness (QED) is 0.141. The van der Waals surface area contributed by atoms with E-state index in [-0.39, 0.29) is 65.3 Å². The van der Waals surface area contributed by atoms with E-state index in [1.54, 1.807) is 9.13 Å². The van der Waals surface area contributed by atoms with Gasteiger partial charge in [0.05, 0.1) is 55.4 Å². The molecule has 0 saturated heterocycles.